The van der Waals surface area contributed by atoms with Gasteiger partial charge >= 0.3 is 0 Å². The number of hydrogen-bond acceptors (Lipinski definition) is 2. The third-order valence-electron chi connectivity index (χ3n) is 4.39. The first kappa shape index (κ1) is 18.0. The molecule has 4 rings (SSSR count). The second-order valence-electron chi connectivity index (χ2n) is 6.42. The van der Waals surface area contributed by atoms with E-state index >= 15 is 0 Å². The monoisotopic (exact) mass is 387 g/mol. The van der Waals surface area contributed by atoms with E-state index in [0.29, 0.717) is 22.9 Å². The maximum atomic E-state index is 12.5. The van der Waals surface area contributed by atoms with Crippen molar-refractivity contribution >= 4 is 23.3 Å². The molecule has 28 heavy (non-hydrogen) atoms. The van der Waals surface area contributed by atoms with Crippen LogP contribution in [0.3, 0.4) is 0 Å². The predicted octanol–water partition coefficient (Wildman–Crippen LogP) is 5.50. The van der Waals surface area contributed by atoms with Gasteiger partial charge in [-0.05, 0) is 41.0 Å². The number of amides is 1. The van der Waals surface area contributed by atoms with E-state index in [4.69, 9.17) is 11.6 Å². The molecule has 1 N–H and O–H groups in total. The summed E-state index contributed by atoms with van der Waals surface area (Å²) in [6.07, 6.45) is 1.84. The number of nitrogens with one attached hydrogen (secondary N) is 1. The van der Waals surface area contributed by atoms with Crippen LogP contribution in [0.1, 0.15) is 15.9 Å². The van der Waals surface area contributed by atoms with Crippen molar-refractivity contribution in [3.8, 4) is 11.1 Å². The fourth-order valence-electron chi connectivity index (χ4n) is 2.93. The van der Waals surface area contributed by atoms with Crippen molar-refractivity contribution in [2.75, 3.05) is 5.32 Å². The van der Waals surface area contributed by atoms with Gasteiger partial charge in [0.1, 0.15) is 0 Å². The van der Waals surface area contributed by atoms with Crippen LogP contribution in [0, 0.1) is 0 Å². The molecule has 0 aliphatic carbocycles. The first-order valence-corrected chi connectivity index (χ1v) is 9.30. The van der Waals surface area contributed by atoms with Gasteiger partial charge in [0, 0.05) is 22.8 Å². The number of rotatable bonds is 5. The van der Waals surface area contributed by atoms with Crippen LogP contribution in [0.4, 0.5) is 5.82 Å². The van der Waals surface area contributed by atoms with E-state index in [1.165, 1.54) is 0 Å². The average Bonchev–Trinajstić information content (AvgIpc) is 3.17. The fourth-order valence-corrected chi connectivity index (χ4v) is 3.05. The number of carbonyl (C=O) groups is 1. The average molecular weight is 388 g/mol. The van der Waals surface area contributed by atoms with Gasteiger partial charge in [0.15, 0.2) is 5.82 Å². The Balaban J connectivity index is 1.41. The lowest BCUT2D eigenvalue weighted by molar-refractivity contribution is 0.102. The highest BCUT2D eigenvalue weighted by Crippen LogP contribution is 2.19. The maximum absolute atomic E-state index is 12.5. The summed E-state index contributed by atoms with van der Waals surface area (Å²) < 4.78 is 1.78. The molecular weight excluding hydrogens is 370 g/mol. The predicted molar refractivity (Wildman–Crippen MR) is 113 cm³/mol. The fraction of sp³-hybridized carbons (Fsp3) is 0.0435. The Hall–Kier alpha value is -3.37. The van der Waals surface area contributed by atoms with Crippen molar-refractivity contribution in [1.29, 1.82) is 0 Å². The van der Waals surface area contributed by atoms with Gasteiger partial charge < -0.3 is 5.32 Å². The van der Waals surface area contributed by atoms with Crippen molar-refractivity contribution in [3.05, 3.63) is 107 Å². The van der Waals surface area contributed by atoms with E-state index in [2.05, 4.69) is 10.4 Å². The van der Waals surface area contributed by atoms with Gasteiger partial charge in [0.2, 0.25) is 0 Å². The molecule has 5 heteroatoms. The third-order valence-corrected chi connectivity index (χ3v) is 4.65. The number of benzene rings is 3. The molecule has 1 amide bonds. The zero-order chi connectivity index (χ0) is 19.3. The SMILES string of the molecule is O=C(Nc1ccn(Cc2ccc(Cl)cc2)n1)c1ccc(-c2ccccc2)cc1. The standard InChI is InChI=1S/C23H18ClN3O/c24-21-12-6-17(7-13-21)16-27-15-14-22(26-27)25-23(28)20-10-8-19(9-11-20)18-4-2-1-3-5-18/h1-15H,16H2,(H,25,26,28). The van der Waals surface area contributed by atoms with E-state index in [-0.39, 0.29) is 5.91 Å². The first-order chi connectivity index (χ1) is 13.7. The van der Waals surface area contributed by atoms with Crippen LogP contribution < -0.4 is 5.32 Å². The van der Waals surface area contributed by atoms with Gasteiger partial charge in [-0.2, -0.15) is 5.10 Å². The summed E-state index contributed by atoms with van der Waals surface area (Å²) in [6, 6.07) is 27.0. The Bertz CT molecular complexity index is 1070. The van der Waals surface area contributed by atoms with E-state index in [1.807, 2.05) is 85.1 Å². The minimum absolute atomic E-state index is 0.184. The Morgan fingerprint density at radius 3 is 2.25 bits per heavy atom. The molecule has 0 radical (unpaired) electrons. The van der Waals surface area contributed by atoms with Gasteiger partial charge in [-0.25, -0.2) is 0 Å². The van der Waals surface area contributed by atoms with Crippen LogP contribution in [0.5, 0.6) is 0 Å². The van der Waals surface area contributed by atoms with E-state index < -0.39 is 0 Å². The highest BCUT2D eigenvalue weighted by atomic mass is 35.5. The third kappa shape index (κ3) is 4.30. The van der Waals surface area contributed by atoms with Crippen molar-refractivity contribution < 1.29 is 4.79 Å². The minimum Gasteiger partial charge on any atom is -0.305 e. The molecule has 0 unspecified atom stereocenters. The Morgan fingerprint density at radius 2 is 1.54 bits per heavy atom. The molecule has 0 spiro atoms. The highest BCUT2D eigenvalue weighted by molar-refractivity contribution is 6.30. The normalized spacial score (nSPS) is 10.6. The molecule has 0 aliphatic rings. The second kappa shape index (κ2) is 8.11. The van der Waals surface area contributed by atoms with Gasteiger partial charge in [-0.1, -0.05) is 66.2 Å². The van der Waals surface area contributed by atoms with Crippen LogP contribution in [-0.2, 0) is 6.54 Å². The van der Waals surface area contributed by atoms with E-state index in [0.717, 1.165) is 16.7 Å². The summed E-state index contributed by atoms with van der Waals surface area (Å²) in [5.74, 6) is 0.336. The summed E-state index contributed by atoms with van der Waals surface area (Å²) in [4.78, 5) is 12.5. The molecule has 138 valence electrons. The smallest absolute Gasteiger partial charge is 0.256 e. The number of anilines is 1. The molecule has 0 bridgehead atoms. The van der Waals surface area contributed by atoms with Crippen molar-refractivity contribution in [3.63, 3.8) is 0 Å². The van der Waals surface area contributed by atoms with Crippen LogP contribution >= 0.6 is 11.6 Å². The zero-order valence-electron chi connectivity index (χ0n) is 15.0. The molecule has 1 heterocycles. The summed E-state index contributed by atoms with van der Waals surface area (Å²) in [5.41, 5.74) is 3.87. The minimum atomic E-state index is -0.184. The molecular formula is C23H18ClN3O. The largest absolute Gasteiger partial charge is 0.305 e. The highest BCUT2D eigenvalue weighted by Gasteiger charge is 2.09. The number of hydrogen-bond donors (Lipinski definition) is 1. The van der Waals surface area contributed by atoms with Crippen molar-refractivity contribution in [2.45, 2.75) is 6.54 Å². The maximum Gasteiger partial charge on any atom is 0.256 e. The van der Waals surface area contributed by atoms with Crippen molar-refractivity contribution in [1.82, 2.24) is 9.78 Å². The van der Waals surface area contributed by atoms with Gasteiger partial charge in [0.05, 0.1) is 6.54 Å². The lowest BCUT2D eigenvalue weighted by Gasteiger charge is -2.05. The molecule has 0 fully saturated rings. The molecule has 4 nitrogen and oxygen atoms in total. The first-order valence-electron chi connectivity index (χ1n) is 8.92. The molecule has 3 aromatic carbocycles. The van der Waals surface area contributed by atoms with E-state index in [1.54, 1.807) is 10.7 Å². The second-order valence-corrected chi connectivity index (χ2v) is 6.86. The summed E-state index contributed by atoms with van der Waals surface area (Å²) >= 11 is 5.91. The van der Waals surface area contributed by atoms with Crippen molar-refractivity contribution in [2.24, 2.45) is 0 Å². The number of nitrogens with zero attached hydrogens (tertiary/aromatic N) is 2. The summed E-state index contributed by atoms with van der Waals surface area (Å²) in [5, 5.41) is 7.96. The molecule has 0 atom stereocenters. The molecule has 4 aromatic rings. The number of halogens is 1. The molecule has 0 aliphatic heterocycles. The summed E-state index contributed by atoms with van der Waals surface area (Å²) in [7, 11) is 0. The zero-order valence-corrected chi connectivity index (χ0v) is 15.8. The topological polar surface area (TPSA) is 46.9 Å². The van der Waals surface area contributed by atoms with Crippen LogP contribution in [-0.4, -0.2) is 15.7 Å². The lowest BCUT2D eigenvalue weighted by atomic mass is 10.0. The van der Waals surface area contributed by atoms with Gasteiger partial charge in [0.25, 0.3) is 5.91 Å². The van der Waals surface area contributed by atoms with Gasteiger partial charge in [-0.3, -0.25) is 9.48 Å². The van der Waals surface area contributed by atoms with Crippen LogP contribution in [0.25, 0.3) is 11.1 Å². The van der Waals surface area contributed by atoms with Crippen LogP contribution in [0.15, 0.2) is 91.1 Å². The van der Waals surface area contributed by atoms with Gasteiger partial charge in [-0.15, -0.1) is 0 Å². The number of carbonyl (C=O) groups excluding carboxylic acids is 1. The molecule has 0 saturated carbocycles. The van der Waals surface area contributed by atoms with E-state index in [9.17, 15) is 4.79 Å². The Kier molecular flexibility index (Phi) is 5.22. The van der Waals surface area contributed by atoms with Crippen LogP contribution in [0.2, 0.25) is 5.02 Å². The number of aromatic nitrogens is 2. The lowest BCUT2D eigenvalue weighted by Crippen LogP contribution is -2.12. The quantitative estimate of drug-likeness (QED) is 0.491. The Labute approximate surface area is 168 Å². The summed E-state index contributed by atoms with van der Waals surface area (Å²) in [6.45, 7) is 0.610. The molecule has 1 aromatic heterocycles. The molecule has 0 saturated heterocycles. The Morgan fingerprint density at radius 1 is 0.857 bits per heavy atom.